The summed E-state index contributed by atoms with van der Waals surface area (Å²) in [5.41, 5.74) is 5.69. The van der Waals surface area contributed by atoms with Crippen LogP contribution in [0.25, 0.3) is 0 Å². The van der Waals surface area contributed by atoms with Gasteiger partial charge in [-0.2, -0.15) is 11.8 Å². The highest BCUT2D eigenvalue weighted by atomic mass is 32.2. The molecule has 1 heterocycles. The van der Waals surface area contributed by atoms with E-state index in [9.17, 15) is 4.79 Å². The lowest BCUT2D eigenvalue weighted by atomic mass is 9.73. The van der Waals surface area contributed by atoms with Crippen molar-refractivity contribution in [1.29, 1.82) is 0 Å². The minimum atomic E-state index is -0.236. The fourth-order valence-electron chi connectivity index (χ4n) is 3.10. The van der Waals surface area contributed by atoms with Gasteiger partial charge in [0, 0.05) is 25.4 Å². The van der Waals surface area contributed by atoms with Crippen molar-refractivity contribution < 1.29 is 4.79 Å². The van der Waals surface area contributed by atoms with Crippen molar-refractivity contribution in [2.24, 2.45) is 11.1 Å². The first kappa shape index (κ1) is 13.2. The third-order valence-electron chi connectivity index (χ3n) is 4.43. The van der Waals surface area contributed by atoms with Gasteiger partial charge in [-0.3, -0.25) is 4.79 Å². The summed E-state index contributed by atoms with van der Waals surface area (Å²) in [6, 6.07) is 0.442. The molecule has 3 nitrogen and oxygen atoms in total. The van der Waals surface area contributed by atoms with E-state index in [1.165, 1.54) is 12.2 Å². The van der Waals surface area contributed by atoms with Gasteiger partial charge in [-0.25, -0.2) is 0 Å². The van der Waals surface area contributed by atoms with Crippen LogP contribution in [0.2, 0.25) is 0 Å². The molecule has 1 atom stereocenters. The van der Waals surface area contributed by atoms with Crippen LogP contribution in [0.4, 0.5) is 0 Å². The molecule has 1 amide bonds. The van der Waals surface area contributed by atoms with Crippen molar-refractivity contribution in [3.8, 4) is 0 Å². The summed E-state index contributed by atoms with van der Waals surface area (Å²) in [5.74, 6) is 2.60. The lowest BCUT2D eigenvalue weighted by molar-refractivity contribution is -0.144. The van der Waals surface area contributed by atoms with E-state index in [0.717, 1.165) is 37.9 Å². The molecule has 1 unspecified atom stereocenters. The molecule has 2 aliphatic rings. The standard InChI is InChI=1S/C13H24N2OS/c1-15(11-5-8-17-9-11)12(16)13(10-14)6-3-2-4-7-13/h11H,2-10,14H2,1H3. The highest BCUT2D eigenvalue weighted by molar-refractivity contribution is 7.99. The van der Waals surface area contributed by atoms with Crippen LogP contribution < -0.4 is 5.73 Å². The minimum Gasteiger partial charge on any atom is -0.341 e. The molecule has 1 aliphatic heterocycles. The van der Waals surface area contributed by atoms with Gasteiger partial charge in [0.2, 0.25) is 5.91 Å². The molecule has 2 fully saturated rings. The van der Waals surface area contributed by atoms with Gasteiger partial charge >= 0.3 is 0 Å². The molecule has 17 heavy (non-hydrogen) atoms. The van der Waals surface area contributed by atoms with E-state index in [1.807, 2.05) is 23.7 Å². The molecule has 1 aliphatic carbocycles. The van der Waals surface area contributed by atoms with E-state index >= 15 is 0 Å². The summed E-state index contributed by atoms with van der Waals surface area (Å²) < 4.78 is 0. The third kappa shape index (κ3) is 2.63. The van der Waals surface area contributed by atoms with Gasteiger partial charge in [-0.05, 0) is 25.0 Å². The van der Waals surface area contributed by atoms with Gasteiger partial charge < -0.3 is 10.6 Å². The van der Waals surface area contributed by atoms with E-state index < -0.39 is 0 Å². The maximum atomic E-state index is 12.7. The van der Waals surface area contributed by atoms with E-state index in [2.05, 4.69) is 0 Å². The highest BCUT2D eigenvalue weighted by Gasteiger charge is 2.41. The SMILES string of the molecule is CN(C(=O)C1(CN)CCCCC1)C1CCSC1. The predicted molar refractivity (Wildman–Crippen MR) is 73.1 cm³/mol. The third-order valence-corrected chi connectivity index (χ3v) is 5.57. The first-order chi connectivity index (χ1) is 8.19. The summed E-state index contributed by atoms with van der Waals surface area (Å²) in [5, 5.41) is 0. The Kier molecular flexibility index (Phi) is 4.36. The van der Waals surface area contributed by atoms with Crippen molar-refractivity contribution in [2.75, 3.05) is 25.1 Å². The molecular formula is C13H24N2OS. The maximum absolute atomic E-state index is 12.7. The molecule has 2 rings (SSSR count). The van der Waals surface area contributed by atoms with Crippen LogP contribution >= 0.6 is 11.8 Å². The van der Waals surface area contributed by atoms with Gasteiger partial charge in [0.15, 0.2) is 0 Å². The molecular weight excluding hydrogens is 232 g/mol. The van der Waals surface area contributed by atoms with Gasteiger partial charge in [0.25, 0.3) is 0 Å². The topological polar surface area (TPSA) is 46.3 Å². The predicted octanol–water partition coefficient (Wildman–Crippen LogP) is 1.86. The second kappa shape index (κ2) is 5.61. The lowest BCUT2D eigenvalue weighted by Crippen LogP contribution is -2.51. The molecule has 1 saturated carbocycles. The zero-order chi connectivity index (χ0) is 12.3. The Morgan fingerprint density at radius 1 is 1.41 bits per heavy atom. The Balaban J connectivity index is 2.04. The van der Waals surface area contributed by atoms with E-state index in [0.29, 0.717) is 18.5 Å². The van der Waals surface area contributed by atoms with Crippen LogP contribution in [0.1, 0.15) is 38.5 Å². The molecule has 0 aromatic carbocycles. The summed E-state index contributed by atoms with van der Waals surface area (Å²) in [4.78, 5) is 14.7. The van der Waals surface area contributed by atoms with Gasteiger partial charge in [-0.15, -0.1) is 0 Å². The van der Waals surface area contributed by atoms with Crippen molar-refractivity contribution >= 4 is 17.7 Å². The Morgan fingerprint density at radius 3 is 2.65 bits per heavy atom. The molecule has 2 N–H and O–H groups in total. The summed E-state index contributed by atoms with van der Waals surface area (Å²) >= 11 is 1.96. The first-order valence-corrected chi connectivity index (χ1v) is 7.90. The number of amides is 1. The number of carbonyl (C=O) groups is 1. The maximum Gasteiger partial charge on any atom is 0.230 e. The van der Waals surface area contributed by atoms with Gasteiger partial charge in [0.05, 0.1) is 5.41 Å². The summed E-state index contributed by atoms with van der Waals surface area (Å²) in [6.45, 7) is 0.524. The highest BCUT2D eigenvalue weighted by Crippen LogP contribution is 2.38. The van der Waals surface area contributed by atoms with Crippen LogP contribution in [0.15, 0.2) is 0 Å². The Hall–Kier alpha value is -0.220. The zero-order valence-electron chi connectivity index (χ0n) is 10.8. The molecule has 98 valence electrons. The number of carbonyl (C=O) groups excluding carboxylic acids is 1. The summed E-state index contributed by atoms with van der Waals surface area (Å²) in [7, 11) is 1.98. The van der Waals surface area contributed by atoms with Crippen LogP contribution in [-0.2, 0) is 4.79 Å². The quantitative estimate of drug-likeness (QED) is 0.838. The second-order valence-corrected chi connectivity index (χ2v) is 6.63. The zero-order valence-corrected chi connectivity index (χ0v) is 11.6. The Labute approximate surface area is 108 Å². The molecule has 0 aromatic rings. The van der Waals surface area contributed by atoms with Crippen LogP contribution in [0.3, 0.4) is 0 Å². The summed E-state index contributed by atoms with van der Waals surface area (Å²) in [6.07, 6.45) is 6.72. The Morgan fingerprint density at radius 2 is 2.12 bits per heavy atom. The molecule has 0 spiro atoms. The van der Waals surface area contributed by atoms with Crippen LogP contribution in [-0.4, -0.2) is 41.9 Å². The average Bonchev–Trinajstić information content (AvgIpc) is 2.91. The smallest absolute Gasteiger partial charge is 0.230 e. The van der Waals surface area contributed by atoms with E-state index in [-0.39, 0.29) is 5.41 Å². The number of rotatable bonds is 3. The van der Waals surface area contributed by atoms with Crippen molar-refractivity contribution in [3.05, 3.63) is 0 Å². The fourth-order valence-corrected chi connectivity index (χ4v) is 4.37. The number of thioether (sulfide) groups is 1. The van der Waals surface area contributed by atoms with Crippen LogP contribution in [0, 0.1) is 5.41 Å². The van der Waals surface area contributed by atoms with Gasteiger partial charge in [0.1, 0.15) is 0 Å². The number of nitrogens with two attached hydrogens (primary N) is 1. The number of hydrogen-bond acceptors (Lipinski definition) is 3. The van der Waals surface area contributed by atoms with Crippen molar-refractivity contribution in [1.82, 2.24) is 4.90 Å². The first-order valence-electron chi connectivity index (χ1n) is 6.75. The second-order valence-electron chi connectivity index (χ2n) is 5.48. The van der Waals surface area contributed by atoms with Crippen molar-refractivity contribution in [2.45, 2.75) is 44.6 Å². The van der Waals surface area contributed by atoms with E-state index in [4.69, 9.17) is 5.73 Å². The molecule has 0 radical (unpaired) electrons. The minimum absolute atomic E-state index is 0.236. The average molecular weight is 256 g/mol. The monoisotopic (exact) mass is 256 g/mol. The normalized spacial score (nSPS) is 28.0. The number of hydrogen-bond donors (Lipinski definition) is 1. The van der Waals surface area contributed by atoms with Crippen molar-refractivity contribution in [3.63, 3.8) is 0 Å². The van der Waals surface area contributed by atoms with Gasteiger partial charge in [-0.1, -0.05) is 19.3 Å². The van der Waals surface area contributed by atoms with Crippen LogP contribution in [0.5, 0.6) is 0 Å². The molecule has 0 aromatic heterocycles. The number of nitrogens with zero attached hydrogens (tertiary/aromatic N) is 1. The Bertz CT molecular complexity index is 271. The van der Waals surface area contributed by atoms with E-state index in [1.54, 1.807) is 0 Å². The fraction of sp³-hybridized carbons (Fsp3) is 0.923. The molecule has 4 heteroatoms. The molecule has 1 saturated heterocycles. The largest absolute Gasteiger partial charge is 0.341 e. The lowest BCUT2D eigenvalue weighted by Gasteiger charge is -2.39. The molecule has 0 bridgehead atoms.